The lowest BCUT2D eigenvalue weighted by atomic mass is 9.78. The van der Waals surface area contributed by atoms with Crippen molar-refractivity contribution in [3.63, 3.8) is 0 Å². The maximum absolute atomic E-state index is 13.2. The zero-order valence-electron chi connectivity index (χ0n) is 15.0. The van der Waals surface area contributed by atoms with Crippen LogP contribution >= 0.6 is 0 Å². The molecule has 2 aromatic rings. The Bertz CT molecular complexity index is 740. The summed E-state index contributed by atoms with van der Waals surface area (Å²) in [5, 5.41) is 9.50. The highest BCUT2D eigenvalue weighted by atomic mass is 16.4. The van der Waals surface area contributed by atoms with E-state index in [9.17, 15) is 14.7 Å². The number of aromatic nitrogens is 2. The van der Waals surface area contributed by atoms with Crippen LogP contribution in [0.25, 0.3) is 5.69 Å². The number of hydrogen-bond acceptors (Lipinski definition) is 3. The summed E-state index contributed by atoms with van der Waals surface area (Å²) < 4.78 is 1.90. The lowest BCUT2D eigenvalue weighted by Crippen LogP contribution is -2.43. The molecule has 1 amide bonds. The van der Waals surface area contributed by atoms with Gasteiger partial charge in [0, 0.05) is 30.3 Å². The molecule has 26 heavy (non-hydrogen) atoms. The van der Waals surface area contributed by atoms with Crippen LogP contribution < -0.4 is 4.90 Å². The van der Waals surface area contributed by atoms with E-state index in [1.807, 2.05) is 42.0 Å². The van der Waals surface area contributed by atoms with Crippen molar-refractivity contribution in [2.45, 2.75) is 39.0 Å². The second-order valence-corrected chi connectivity index (χ2v) is 6.81. The molecule has 6 heteroatoms. The Balaban J connectivity index is 1.83. The van der Waals surface area contributed by atoms with Gasteiger partial charge in [0.25, 0.3) is 0 Å². The highest BCUT2D eigenvalue weighted by Crippen LogP contribution is 2.33. The number of amides is 1. The molecule has 1 aromatic heterocycles. The lowest BCUT2D eigenvalue weighted by Gasteiger charge is -2.33. The first-order valence-corrected chi connectivity index (χ1v) is 9.24. The topological polar surface area (TPSA) is 75.4 Å². The lowest BCUT2D eigenvalue weighted by molar-refractivity contribution is -0.148. The number of rotatable bonds is 6. The van der Waals surface area contributed by atoms with E-state index < -0.39 is 17.8 Å². The molecule has 1 aromatic carbocycles. The molecule has 3 rings (SSSR count). The number of carboxylic acid groups (broad SMARTS) is 1. The fourth-order valence-corrected chi connectivity index (χ4v) is 3.73. The predicted octanol–water partition coefficient (Wildman–Crippen LogP) is 3.51. The first kappa shape index (κ1) is 18.2. The van der Waals surface area contributed by atoms with Crippen molar-refractivity contribution >= 4 is 17.6 Å². The number of anilines is 1. The summed E-state index contributed by atoms with van der Waals surface area (Å²) in [6.45, 7) is 2.61. The Kier molecular flexibility index (Phi) is 5.71. The minimum absolute atomic E-state index is 0.0608. The Morgan fingerprint density at radius 2 is 1.88 bits per heavy atom. The largest absolute Gasteiger partial charge is 0.481 e. The minimum Gasteiger partial charge on any atom is -0.481 e. The van der Waals surface area contributed by atoms with Crippen molar-refractivity contribution in [1.82, 2.24) is 9.55 Å². The Morgan fingerprint density at radius 3 is 2.46 bits per heavy atom. The van der Waals surface area contributed by atoms with E-state index in [4.69, 9.17) is 0 Å². The summed E-state index contributed by atoms with van der Waals surface area (Å²) in [7, 11) is 0. The quantitative estimate of drug-likeness (QED) is 0.860. The monoisotopic (exact) mass is 355 g/mol. The van der Waals surface area contributed by atoms with Gasteiger partial charge in [-0.05, 0) is 43.5 Å². The van der Waals surface area contributed by atoms with Gasteiger partial charge in [-0.25, -0.2) is 4.98 Å². The summed E-state index contributed by atoms with van der Waals surface area (Å²) >= 11 is 0. The molecule has 138 valence electrons. The maximum Gasteiger partial charge on any atom is 0.307 e. The van der Waals surface area contributed by atoms with Crippen LogP contribution in [0, 0.1) is 11.8 Å². The van der Waals surface area contributed by atoms with Gasteiger partial charge < -0.3 is 14.6 Å². The molecule has 2 atom stereocenters. The average Bonchev–Trinajstić information content (AvgIpc) is 3.20. The highest BCUT2D eigenvalue weighted by Gasteiger charge is 2.38. The van der Waals surface area contributed by atoms with E-state index in [0.29, 0.717) is 19.4 Å². The molecule has 0 saturated heterocycles. The van der Waals surface area contributed by atoms with Crippen molar-refractivity contribution in [3.05, 3.63) is 43.0 Å². The first-order valence-electron chi connectivity index (χ1n) is 9.24. The van der Waals surface area contributed by atoms with Crippen LogP contribution in [0.3, 0.4) is 0 Å². The number of hydrogen-bond donors (Lipinski definition) is 1. The maximum atomic E-state index is 13.2. The van der Waals surface area contributed by atoms with E-state index in [1.165, 1.54) is 0 Å². The van der Waals surface area contributed by atoms with Crippen molar-refractivity contribution < 1.29 is 14.7 Å². The fourth-order valence-electron chi connectivity index (χ4n) is 3.73. The van der Waals surface area contributed by atoms with E-state index >= 15 is 0 Å². The van der Waals surface area contributed by atoms with Gasteiger partial charge in [-0.1, -0.05) is 19.8 Å². The minimum atomic E-state index is -0.852. The van der Waals surface area contributed by atoms with Gasteiger partial charge >= 0.3 is 5.97 Å². The molecular weight excluding hydrogens is 330 g/mol. The second-order valence-electron chi connectivity index (χ2n) is 6.81. The van der Waals surface area contributed by atoms with Gasteiger partial charge in [0.1, 0.15) is 0 Å². The average molecular weight is 355 g/mol. The van der Waals surface area contributed by atoms with Crippen LogP contribution in [0.15, 0.2) is 43.0 Å². The van der Waals surface area contributed by atoms with Crippen LogP contribution in [0.1, 0.15) is 39.0 Å². The molecule has 1 aliphatic carbocycles. The van der Waals surface area contributed by atoms with Gasteiger partial charge in [0.2, 0.25) is 5.91 Å². The fraction of sp³-hybridized carbons (Fsp3) is 0.450. The molecule has 1 heterocycles. The first-order chi connectivity index (χ1) is 12.6. The van der Waals surface area contributed by atoms with Crippen LogP contribution in [0.2, 0.25) is 0 Å². The summed E-state index contributed by atoms with van der Waals surface area (Å²) in [5.41, 5.74) is 1.78. The van der Waals surface area contributed by atoms with Gasteiger partial charge in [-0.3, -0.25) is 9.59 Å². The highest BCUT2D eigenvalue weighted by molar-refractivity contribution is 5.97. The van der Waals surface area contributed by atoms with E-state index in [1.54, 1.807) is 17.4 Å². The number of carbonyl (C=O) groups excluding carboxylic acids is 1. The van der Waals surface area contributed by atoms with E-state index in [0.717, 1.165) is 30.6 Å². The summed E-state index contributed by atoms with van der Waals surface area (Å²) in [5.74, 6) is -1.91. The van der Waals surface area contributed by atoms with Gasteiger partial charge in [-0.2, -0.15) is 0 Å². The molecule has 0 bridgehead atoms. The molecule has 0 spiro atoms. The van der Waals surface area contributed by atoms with E-state index in [2.05, 4.69) is 4.98 Å². The molecule has 1 aliphatic rings. The second kappa shape index (κ2) is 8.17. The van der Waals surface area contributed by atoms with Crippen LogP contribution in [0.4, 0.5) is 5.69 Å². The molecule has 1 N–H and O–H groups in total. The zero-order valence-corrected chi connectivity index (χ0v) is 15.0. The zero-order chi connectivity index (χ0) is 18.5. The molecule has 2 unspecified atom stereocenters. The summed E-state index contributed by atoms with van der Waals surface area (Å²) in [4.78, 5) is 30.5. The Hall–Kier alpha value is -2.63. The van der Waals surface area contributed by atoms with Crippen LogP contribution in [-0.4, -0.2) is 33.1 Å². The number of nitrogens with zero attached hydrogens (tertiary/aromatic N) is 3. The third-order valence-electron chi connectivity index (χ3n) is 5.08. The summed E-state index contributed by atoms with van der Waals surface area (Å²) in [6, 6.07) is 7.73. The Morgan fingerprint density at radius 1 is 1.19 bits per heavy atom. The molecule has 0 radical (unpaired) electrons. The van der Waals surface area contributed by atoms with Crippen molar-refractivity contribution in [1.29, 1.82) is 0 Å². The predicted molar refractivity (Wildman–Crippen MR) is 99.3 cm³/mol. The van der Waals surface area contributed by atoms with E-state index in [-0.39, 0.29) is 5.91 Å². The van der Waals surface area contributed by atoms with Crippen molar-refractivity contribution in [2.75, 3.05) is 11.4 Å². The van der Waals surface area contributed by atoms with Gasteiger partial charge in [0.05, 0.1) is 18.2 Å². The SMILES string of the molecule is CCCN(C(=O)C1CCCCC1C(=O)O)c1ccc(-n2ccnc2)cc1. The standard InChI is InChI=1S/C20H25N3O3/c1-2-12-23(19(24)17-5-3-4-6-18(17)20(25)26)16-9-7-15(8-10-16)22-13-11-21-14-22/h7-11,13-14,17-18H,2-6,12H2,1H3,(H,25,26). The summed E-state index contributed by atoms with van der Waals surface area (Å²) in [6.07, 6.45) is 9.17. The number of carboxylic acids is 1. The molecular formula is C20H25N3O3. The number of imidazole rings is 1. The third-order valence-corrected chi connectivity index (χ3v) is 5.08. The normalized spacial score (nSPS) is 19.9. The van der Waals surface area contributed by atoms with Crippen molar-refractivity contribution in [3.8, 4) is 5.69 Å². The molecule has 1 fully saturated rings. The van der Waals surface area contributed by atoms with Crippen LogP contribution in [0.5, 0.6) is 0 Å². The van der Waals surface area contributed by atoms with Crippen LogP contribution in [-0.2, 0) is 9.59 Å². The third kappa shape index (κ3) is 3.79. The number of benzene rings is 1. The molecule has 0 aliphatic heterocycles. The number of carbonyl (C=O) groups is 2. The van der Waals surface area contributed by atoms with Crippen molar-refractivity contribution in [2.24, 2.45) is 11.8 Å². The Labute approximate surface area is 153 Å². The van der Waals surface area contributed by atoms with Gasteiger partial charge in [0.15, 0.2) is 0 Å². The molecule has 6 nitrogen and oxygen atoms in total. The van der Waals surface area contributed by atoms with Gasteiger partial charge in [-0.15, -0.1) is 0 Å². The number of aliphatic carboxylic acids is 1. The molecule has 1 saturated carbocycles. The smallest absolute Gasteiger partial charge is 0.307 e.